The van der Waals surface area contributed by atoms with E-state index < -0.39 is 86.8 Å². The van der Waals surface area contributed by atoms with Crippen molar-refractivity contribution in [3.63, 3.8) is 0 Å². The van der Waals surface area contributed by atoms with E-state index in [1.807, 2.05) is 6.08 Å². The van der Waals surface area contributed by atoms with Gasteiger partial charge in [-0.2, -0.15) is 0 Å². The minimum atomic E-state index is -1.79. The highest BCUT2D eigenvalue weighted by Gasteiger charge is 2.51. The molecular formula is C76H139NO13. The highest BCUT2D eigenvalue weighted by molar-refractivity contribution is 5.76. The summed E-state index contributed by atoms with van der Waals surface area (Å²) in [6.07, 6.45) is 64.2. The van der Waals surface area contributed by atoms with E-state index in [2.05, 4.69) is 67.8 Å². The van der Waals surface area contributed by atoms with Gasteiger partial charge >= 0.3 is 0 Å². The van der Waals surface area contributed by atoms with Crippen LogP contribution in [-0.4, -0.2) is 140 Å². The van der Waals surface area contributed by atoms with Crippen molar-refractivity contribution in [3.05, 3.63) is 60.8 Å². The number of rotatable bonds is 62. The normalized spacial score (nSPS) is 23.2. The van der Waals surface area contributed by atoms with Gasteiger partial charge in [-0.05, 0) is 57.8 Å². The van der Waals surface area contributed by atoms with E-state index in [0.717, 1.165) is 64.2 Å². The maximum atomic E-state index is 13.4. The average molecular weight is 1270 g/mol. The summed E-state index contributed by atoms with van der Waals surface area (Å²) in [5.74, 6) is -0.237. The molecule has 12 unspecified atom stereocenters. The van der Waals surface area contributed by atoms with E-state index in [1.54, 1.807) is 6.08 Å². The molecule has 2 heterocycles. The Balaban J connectivity index is 1.65. The molecule has 0 aromatic rings. The van der Waals surface area contributed by atoms with Crippen molar-refractivity contribution in [2.24, 2.45) is 0 Å². The molecular weight excluding hydrogens is 1130 g/mol. The van der Waals surface area contributed by atoms with Crippen LogP contribution in [0.4, 0.5) is 0 Å². The number of carbonyl (C=O) groups is 1. The lowest BCUT2D eigenvalue weighted by Crippen LogP contribution is -2.65. The molecule has 0 aromatic heterocycles. The molecule has 2 fully saturated rings. The second-order valence-electron chi connectivity index (χ2n) is 26.4. The van der Waals surface area contributed by atoms with Crippen LogP contribution in [-0.2, 0) is 23.7 Å². The number of hydrogen-bond donors (Lipinski definition) is 9. The van der Waals surface area contributed by atoms with E-state index in [9.17, 15) is 45.6 Å². The van der Waals surface area contributed by atoms with E-state index >= 15 is 0 Å². The second kappa shape index (κ2) is 60.4. The zero-order chi connectivity index (χ0) is 65.2. The van der Waals surface area contributed by atoms with E-state index in [4.69, 9.17) is 18.9 Å². The van der Waals surface area contributed by atoms with Crippen LogP contribution in [0.1, 0.15) is 322 Å². The molecule has 0 saturated carbocycles. The Morgan fingerprint density at radius 2 is 0.767 bits per heavy atom. The van der Waals surface area contributed by atoms with Gasteiger partial charge in [-0.25, -0.2) is 0 Å². The van der Waals surface area contributed by atoms with Crippen molar-refractivity contribution in [1.29, 1.82) is 0 Å². The molecule has 526 valence electrons. The Morgan fingerprint density at radius 1 is 0.411 bits per heavy atom. The molecule has 9 N–H and O–H groups in total. The van der Waals surface area contributed by atoms with Gasteiger partial charge in [0, 0.05) is 6.42 Å². The van der Waals surface area contributed by atoms with Gasteiger partial charge in [0.25, 0.3) is 0 Å². The number of aliphatic hydroxyl groups excluding tert-OH is 8. The topological polar surface area (TPSA) is 228 Å². The third-order valence-electron chi connectivity index (χ3n) is 18.2. The lowest BCUT2D eigenvalue weighted by Gasteiger charge is -2.46. The Morgan fingerprint density at radius 3 is 1.18 bits per heavy atom. The molecule has 0 radical (unpaired) electrons. The monoisotopic (exact) mass is 1270 g/mol. The fourth-order valence-electron chi connectivity index (χ4n) is 12.3. The summed E-state index contributed by atoms with van der Waals surface area (Å²) in [6.45, 7) is 2.73. The van der Waals surface area contributed by atoms with Crippen molar-refractivity contribution < 1.29 is 64.6 Å². The molecule has 14 nitrogen and oxygen atoms in total. The second-order valence-corrected chi connectivity index (χ2v) is 26.4. The minimum absolute atomic E-state index is 0.237. The Bertz CT molecular complexity index is 1740. The zero-order valence-corrected chi connectivity index (χ0v) is 57.4. The number of aliphatic hydroxyl groups is 8. The van der Waals surface area contributed by atoms with E-state index in [0.29, 0.717) is 6.42 Å². The molecule has 1 amide bonds. The fraction of sp³-hybridized carbons (Fsp3) is 0.855. The Hall–Kier alpha value is -2.31. The van der Waals surface area contributed by atoms with Crippen molar-refractivity contribution in [3.8, 4) is 0 Å². The highest BCUT2D eigenvalue weighted by Crippen LogP contribution is 2.30. The molecule has 0 spiro atoms. The van der Waals surface area contributed by atoms with E-state index in [-0.39, 0.29) is 18.9 Å². The SMILES string of the molecule is CC/C=C\C/C=C\C/C=C\C/C=C\CCCCCCCCCCCCCCCCC(=O)NC(COC1OC(CO)C(OC2OC(CO)C(O)C(O)C2O)C(O)C1O)C(O)/C=C/CCCCCCCCCCCCCCCCCCCCCCCCCCCCC. The third-order valence-corrected chi connectivity index (χ3v) is 18.2. The van der Waals surface area contributed by atoms with Gasteiger partial charge in [0.15, 0.2) is 12.6 Å². The molecule has 2 saturated heterocycles. The maximum Gasteiger partial charge on any atom is 0.220 e. The number of allylic oxidation sites excluding steroid dienone is 9. The minimum Gasteiger partial charge on any atom is -0.394 e. The van der Waals surface area contributed by atoms with Crippen LogP contribution in [0.3, 0.4) is 0 Å². The first-order valence-corrected chi connectivity index (χ1v) is 37.5. The van der Waals surface area contributed by atoms with Crippen molar-refractivity contribution in [2.45, 2.75) is 396 Å². The number of nitrogens with one attached hydrogen (secondary N) is 1. The first-order valence-electron chi connectivity index (χ1n) is 37.5. The van der Waals surface area contributed by atoms with Crippen molar-refractivity contribution in [2.75, 3.05) is 19.8 Å². The molecule has 2 aliphatic rings. The van der Waals surface area contributed by atoms with Gasteiger partial charge in [0.1, 0.15) is 48.8 Å². The summed E-state index contributed by atoms with van der Waals surface area (Å²) >= 11 is 0. The Kier molecular flexibility index (Phi) is 56.2. The lowest BCUT2D eigenvalue weighted by atomic mass is 9.97. The molecule has 0 aromatic carbocycles. The summed E-state index contributed by atoms with van der Waals surface area (Å²) in [4.78, 5) is 13.4. The largest absolute Gasteiger partial charge is 0.394 e. The van der Waals surface area contributed by atoms with Gasteiger partial charge in [-0.3, -0.25) is 4.79 Å². The van der Waals surface area contributed by atoms with Crippen LogP contribution >= 0.6 is 0 Å². The first-order chi connectivity index (χ1) is 44.1. The molecule has 90 heavy (non-hydrogen) atoms. The zero-order valence-electron chi connectivity index (χ0n) is 57.4. The molecule has 2 aliphatic heterocycles. The van der Waals surface area contributed by atoms with Gasteiger partial charge in [-0.1, -0.05) is 319 Å². The summed E-state index contributed by atoms with van der Waals surface area (Å²) < 4.78 is 22.9. The standard InChI is InChI=1S/C76H139NO13/c1-3-5-7-9-11-13-15-17-19-21-23-25-27-29-31-32-34-35-37-39-41-43-45-47-49-51-53-55-57-59-65(80)64(63-87-75-73(86)71(84)74(67(62-79)89-75)90-76-72(85)70(83)69(82)66(61-78)88-76)77-68(81)60-58-56-54-52-50-48-46-44-42-40-38-36-33-30-28-26-24-22-20-18-16-14-12-10-8-6-4-2/h6,8,12,14,18,20,24,26,57,59,64-67,69-76,78-80,82-86H,3-5,7,9-11,13,15-17,19,21-23,25,27-56,58,60-63H2,1-2H3,(H,77,81)/b8-6-,14-12-,20-18-,26-24-,59-57+. The smallest absolute Gasteiger partial charge is 0.220 e. The molecule has 0 aliphatic carbocycles. The van der Waals surface area contributed by atoms with Crippen molar-refractivity contribution >= 4 is 5.91 Å². The predicted molar refractivity (Wildman–Crippen MR) is 369 cm³/mol. The maximum absolute atomic E-state index is 13.4. The Labute approximate surface area is 549 Å². The van der Waals surface area contributed by atoms with Gasteiger partial charge in [0.2, 0.25) is 5.91 Å². The van der Waals surface area contributed by atoms with E-state index in [1.165, 1.54) is 231 Å². The number of ether oxygens (including phenoxy) is 4. The van der Waals surface area contributed by atoms with Crippen molar-refractivity contribution in [1.82, 2.24) is 5.32 Å². The molecule has 14 heteroatoms. The van der Waals surface area contributed by atoms with Crippen LogP contribution in [0, 0.1) is 0 Å². The summed E-state index contributed by atoms with van der Waals surface area (Å²) in [5, 5.41) is 87.6. The van der Waals surface area contributed by atoms with Crippen LogP contribution in [0.5, 0.6) is 0 Å². The van der Waals surface area contributed by atoms with Gasteiger partial charge < -0.3 is 65.1 Å². The van der Waals surface area contributed by atoms with Crippen LogP contribution in [0.25, 0.3) is 0 Å². The molecule has 2 rings (SSSR count). The molecule has 12 atom stereocenters. The number of unbranched alkanes of at least 4 members (excludes halogenated alkanes) is 41. The van der Waals surface area contributed by atoms with Crippen LogP contribution in [0.15, 0.2) is 60.8 Å². The first kappa shape index (κ1) is 83.8. The third kappa shape index (κ3) is 43.6. The predicted octanol–water partition coefficient (Wildman–Crippen LogP) is 16.0. The van der Waals surface area contributed by atoms with Crippen LogP contribution in [0.2, 0.25) is 0 Å². The fourth-order valence-corrected chi connectivity index (χ4v) is 12.3. The molecule has 0 bridgehead atoms. The lowest BCUT2D eigenvalue weighted by molar-refractivity contribution is -0.359. The summed E-state index contributed by atoms with van der Waals surface area (Å²) in [6, 6.07) is -0.919. The average Bonchev–Trinajstić information content (AvgIpc) is 1.41. The number of hydrogen-bond acceptors (Lipinski definition) is 13. The quantitative estimate of drug-likeness (QED) is 0.0204. The number of amides is 1. The van der Waals surface area contributed by atoms with Crippen LogP contribution < -0.4 is 5.32 Å². The van der Waals surface area contributed by atoms with Gasteiger partial charge in [-0.15, -0.1) is 0 Å². The summed E-state index contributed by atoms with van der Waals surface area (Å²) in [7, 11) is 0. The summed E-state index contributed by atoms with van der Waals surface area (Å²) in [5.41, 5.74) is 0. The highest BCUT2D eigenvalue weighted by atomic mass is 16.7. The number of carbonyl (C=O) groups excluding carboxylic acids is 1. The van der Waals surface area contributed by atoms with Gasteiger partial charge in [0.05, 0.1) is 32.0 Å².